The maximum atomic E-state index is 3.06. The molecule has 0 bridgehead atoms. The van der Waals surface area contributed by atoms with Gasteiger partial charge >= 0.3 is 26.2 Å². The Morgan fingerprint density at radius 3 is 2.25 bits per heavy atom. The van der Waals surface area contributed by atoms with Crippen LogP contribution in [0.25, 0.3) is 21.9 Å². The molecule has 0 nitrogen and oxygen atoms in total. The van der Waals surface area contributed by atoms with Gasteiger partial charge in [-0.15, -0.1) is 42.8 Å². The van der Waals surface area contributed by atoms with Gasteiger partial charge in [0.2, 0.25) is 0 Å². The van der Waals surface area contributed by atoms with E-state index in [0.717, 1.165) is 0 Å². The normalized spacial score (nSPS) is 11.5. The molecule has 3 rings (SSSR count). The minimum absolute atomic E-state index is 0. The first kappa shape index (κ1) is 20.5. The Hall–Kier alpha value is -1.59. The molecule has 0 fully saturated rings. The first-order valence-corrected chi connectivity index (χ1v) is 8.01. The van der Waals surface area contributed by atoms with E-state index < -0.39 is 0 Å². The van der Waals surface area contributed by atoms with Gasteiger partial charge in [-0.25, -0.2) is 11.1 Å². The summed E-state index contributed by atoms with van der Waals surface area (Å²) >= 11 is 0. The van der Waals surface area contributed by atoms with Gasteiger partial charge in [0.15, 0.2) is 0 Å². The third-order valence-electron chi connectivity index (χ3n) is 4.16. The minimum atomic E-state index is 0. The van der Waals surface area contributed by atoms with Gasteiger partial charge in [-0.1, -0.05) is 55.8 Å². The van der Waals surface area contributed by atoms with Crippen LogP contribution >= 0.6 is 0 Å². The number of benzene rings is 2. The smallest absolute Gasteiger partial charge is 0.275 e. The zero-order valence-electron chi connectivity index (χ0n) is 14.9. The minimum Gasteiger partial charge on any atom is -0.275 e. The second kappa shape index (κ2) is 10.3. The van der Waals surface area contributed by atoms with E-state index in [1.807, 2.05) is 13.8 Å². The van der Waals surface area contributed by atoms with Crippen LogP contribution in [-0.4, -0.2) is 0 Å². The molecule has 0 spiro atoms. The Kier molecular flexibility index (Phi) is 8.79. The molecule has 0 heterocycles. The zero-order valence-corrected chi connectivity index (χ0v) is 17.4. The molecule has 1 heteroatoms. The second-order valence-corrected chi connectivity index (χ2v) is 5.55. The Bertz CT molecular complexity index is 788. The summed E-state index contributed by atoms with van der Waals surface area (Å²) < 4.78 is 0. The van der Waals surface area contributed by atoms with E-state index in [4.69, 9.17) is 0 Å². The van der Waals surface area contributed by atoms with E-state index in [-0.39, 0.29) is 26.2 Å². The molecule has 3 aromatic carbocycles. The number of rotatable bonds is 2. The van der Waals surface area contributed by atoms with Crippen molar-refractivity contribution in [1.29, 1.82) is 0 Å². The Morgan fingerprint density at radius 1 is 0.958 bits per heavy atom. The van der Waals surface area contributed by atoms with Crippen LogP contribution in [0.1, 0.15) is 27.7 Å². The standard InChI is InChI=1S/C15H11.C8H13.Zr/c1-2-6-12(7-3-1)14-10-4-8-13-9-5-11-15(13)14;1-5-7(3)8(4)6-2;/h1-11H;5H,1-4H3;/q2*-1;+2/b;7-5+;. The molecular weight excluding hydrogens is 367 g/mol. The van der Waals surface area contributed by atoms with E-state index in [1.165, 1.54) is 33.0 Å². The second-order valence-electron chi connectivity index (χ2n) is 5.55. The van der Waals surface area contributed by atoms with Crippen molar-refractivity contribution in [2.45, 2.75) is 27.7 Å². The summed E-state index contributed by atoms with van der Waals surface area (Å²) in [6, 6.07) is 23.4. The monoisotopic (exact) mass is 390 g/mol. The summed E-state index contributed by atoms with van der Waals surface area (Å²) in [7, 11) is 0. The molecule has 0 unspecified atom stereocenters. The van der Waals surface area contributed by atoms with E-state index >= 15 is 0 Å². The van der Waals surface area contributed by atoms with Crippen molar-refractivity contribution in [3.8, 4) is 11.1 Å². The van der Waals surface area contributed by atoms with Gasteiger partial charge in [0.05, 0.1) is 0 Å². The number of hydrogen-bond donors (Lipinski definition) is 0. The van der Waals surface area contributed by atoms with E-state index in [0.29, 0.717) is 0 Å². The van der Waals surface area contributed by atoms with Crippen molar-refractivity contribution in [3.63, 3.8) is 0 Å². The average Bonchev–Trinajstić information content (AvgIpc) is 3.10. The summed E-state index contributed by atoms with van der Waals surface area (Å²) in [4.78, 5) is 0. The Morgan fingerprint density at radius 2 is 1.67 bits per heavy atom. The average molecular weight is 392 g/mol. The molecule has 24 heavy (non-hydrogen) atoms. The molecule has 0 radical (unpaired) electrons. The fourth-order valence-electron chi connectivity index (χ4n) is 2.45. The van der Waals surface area contributed by atoms with Gasteiger partial charge in [-0.2, -0.15) is 18.2 Å². The molecule has 0 aromatic heterocycles. The molecule has 0 saturated heterocycles. The largest absolute Gasteiger partial charge is 2.00 e. The van der Waals surface area contributed by atoms with Gasteiger partial charge in [0.1, 0.15) is 0 Å². The number of fused-ring (bicyclic) bond motifs is 1. The van der Waals surface area contributed by atoms with Crippen molar-refractivity contribution in [3.05, 3.63) is 90.0 Å². The van der Waals surface area contributed by atoms with Crippen LogP contribution in [0.3, 0.4) is 0 Å². The Balaban J connectivity index is 0.000000279. The van der Waals surface area contributed by atoms with Crippen molar-refractivity contribution in [1.82, 2.24) is 0 Å². The number of allylic oxidation sites excluding steroid dienone is 4. The maximum absolute atomic E-state index is 3.06. The van der Waals surface area contributed by atoms with Crippen molar-refractivity contribution < 1.29 is 26.2 Å². The fourth-order valence-corrected chi connectivity index (χ4v) is 2.45. The third-order valence-corrected chi connectivity index (χ3v) is 4.16. The molecule has 0 N–H and O–H groups in total. The van der Waals surface area contributed by atoms with E-state index in [9.17, 15) is 0 Å². The summed E-state index contributed by atoms with van der Waals surface area (Å²) in [5, 5.41) is 2.65. The number of hydrogen-bond acceptors (Lipinski definition) is 0. The Labute approximate surface area is 165 Å². The SMILES string of the molecule is C[C-]=C(C)/C(C)=C/C.[Zr+2].c1ccc(-c2cccc3[cH-]ccc23)cc1. The first-order valence-electron chi connectivity index (χ1n) is 8.01. The molecule has 3 aromatic rings. The molecule has 0 atom stereocenters. The predicted octanol–water partition coefficient (Wildman–Crippen LogP) is 6.95. The first-order chi connectivity index (χ1) is 11.2. The summed E-state index contributed by atoms with van der Waals surface area (Å²) in [6.45, 7) is 8.12. The predicted molar refractivity (Wildman–Crippen MR) is 103 cm³/mol. The fraction of sp³-hybridized carbons (Fsp3) is 0.174. The quantitative estimate of drug-likeness (QED) is 0.328. The molecule has 0 aliphatic carbocycles. The molecule has 0 amide bonds. The molecular formula is C23H24Zr. The molecule has 0 saturated carbocycles. The van der Waals surface area contributed by atoms with Crippen LogP contribution in [-0.2, 0) is 26.2 Å². The van der Waals surface area contributed by atoms with Crippen LogP contribution in [0.4, 0.5) is 0 Å². The van der Waals surface area contributed by atoms with Crippen LogP contribution in [0.2, 0.25) is 0 Å². The van der Waals surface area contributed by atoms with Crippen molar-refractivity contribution in [2.24, 2.45) is 0 Å². The van der Waals surface area contributed by atoms with Crippen LogP contribution in [0.15, 0.2) is 84.0 Å². The van der Waals surface area contributed by atoms with Gasteiger partial charge in [0, 0.05) is 0 Å². The zero-order chi connectivity index (χ0) is 16.7. The molecule has 0 aliphatic heterocycles. The molecule has 120 valence electrons. The summed E-state index contributed by atoms with van der Waals surface area (Å²) in [6.07, 6.45) is 5.15. The van der Waals surface area contributed by atoms with Crippen LogP contribution < -0.4 is 0 Å². The van der Waals surface area contributed by atoms with Gasteiger partial charge in [0.25, 0.3) is 0 Å². The maximum Gasteiger partial charge on any atom is 2.00 e. The van der Waals surface area contributed by atoms with Crippen molar-refractivity contribution >= 4 is 10.8 Å². The third kappa shape index (κ3) is 5.21. The van der Waals surface area contributed by atoms with Gasteiger partial charge < -0.3 is 0 Å². The summed E-state index contributed by atoms with van der Waals surface area (Å²) in [5.41, 5.74) is 5.16. The van der Waals surface area contributed by atoms with E-state index in [1.54, 1.807) is 0 Å². The van der Waals surface area contributed by atoms with Gasteiger partial charge in [-0.05, 0) is 5.56 Å². The topological polar surface area (TPSA) is 0 Å². The van der Waals surface area contributed by atoms with Gasteiger partial charge in [-0.3, -0.25) is 6.08 Å². The van der Waals surface area contributed by atoms with Crippen LogP contribution in [0.5, 0.6) is 0 Å². The summed E-state index contributed by atoms with van der Waals surface area (Å²) in [5.74, 6) is 0. The van der Waals surface area contributed by atoms with Crippen LogP contribution in [0, 0.1) is 6.08 Å². The van der Waals surface area contributed by atoms with Crippen molar-refractivity contribution in [2.75, 3.05) is 0 Å². The van der Waals surface area contributed by atoms with E-state index in [2.05, 4.69) is 92.7 Å². The molecule has 0 aliphatic rings.